The maximum Gasteiger partial charge on any atom is 0.416 e. The number of alkyl halides is 3. The van der Waals surface area contributed by atoms with Gasteiger partial charge in [0.2, 0.25) is 0 Å². The van der Waals surface area contributed by atoms with E-state index in [-0.39, 0.29) is 11.0 Å². The molecule has 1 aliphatic carbocycles. The molecule has 3 heterocycles. The summed E-state index contributed by atoms with van der Waals surface area (Å²) in [5.74, 6) is 1.81. The second-order valence-corrected chi connectivity index (χ2v) is 10.3. The number of hydrogen-bond acceptors (Lipinski definition) is 5. The topological polar surface area (TPSA) is 66.8 Å². The molecule has 3 aromatic rings. The Kier molecular flexibility index (Phi) is 6.05. The van der Waals surface area contributed by atoms with Gasteiger partial charge in [0.25, 0.3) is 5.56 Å². The van der Waals surface area contributed by atoms with E-state index in [2.05, 4.69) is 20.1 Å². The van der Waals surface area contributed by atoms with E-state index < -0.39 is 11.7 Å². The summed E-state index contributed by atoms with van der Waals surface area (Å²) in [4.78, 5) is 17.1. The van der Waals surface area contributed by atoms with Gasteiger partial charge in [-0.1, -0.05) is 23.9 Å². The average Bonchev–Trinajstić information content (AvgIpc) is 3.16. The van der Waals surface area contributed by atoms with E-state index in [1.54, 1.807) is 42.2 Å². The van der Waals surface area contributed by atoms with E-state index in [9.17, 15) is 18.0 Å². The minimum absolute atomic E-state index is 0.188. The lowest BCUT2D eigenvalue weighted by Gasteiger charge is -2.16. The number of likely N-dealkylation sites (tertiary alicyclic amines) is 1. The summed E-state index contributed by atoms with van der Waals surface area (Å²) in [7, 11) is 1.86. The van der Waals surface area contributed by atoms with Crippen LogP contribution in [0.15, 0.2) is 52.5 Å². The summed E-state index contributed by atoms with van der Waals surface area (Å²) in [6, 6.07) is 9.22. The fourth-order valence-corrected chi connectivity index (χ4v) is 5.91. The Morgan fingerprint density at radius 1 is 1.21 bits per heavy atom. The van der Waals surface area contributed by atoms with Gasteiger partial charge >= 0.3 is 6.18 Å². The van der Waals surface area contributed by atoms with Crippen molar-refractivity contribution in [3.63, 3.8) is 0 Å². The van der Waals surface area contributed by atoms with Crippen LogP contribution in [0.4, 0.5) is 13.2 Å². The number of pyridine rings is 1. The highest BCUT2D eigenvalue weighted by Gasteiger charge is 2.57. The smallest absolute Gasteiger partial charge is 0.328 e. The molecule has 0 radical (unpaired) electrons. The maximum absolute atomic E-state index is 12.8. The number of halogens is 3. The maximum atomic E-state index is 12.8. The Bertz CT molecular complexity index is 1220. The first-order valence-electron chi connectivity index (χ1n) is 11.4. The number of nitrogens with zero attached hydrogens (tertiary/aromatic N) is 4. The lowest BCUT2D eigenvalue weighted by atomic mass is 9.97. The molecule has 1 saturated heterocycles. The molecule has 2 atom stereocenters. The molecule has 2 fully saturated rings. The van der Waals surface area contributed by atoms with Gasteiger partial charge < -0.3 is 14.5 Å². The fourth-order valence-electron chi connectivity index (χ4n) is 5.07. The standard InChI is InChI=1S/C24H26F3N5OS/c1-31-20(18-4-2-10-28-21(18)33)29-30-22(31)34-13-3-11-32-12-9-23(15-32)14-19(23)16-5-7-17(8-6-16)24(25,26)27/h2,4-8,10,19H,3,9,11-15H2,1H3,(H,28,33)/t19?,23-/m0/s1. The Labute approximate surface area is 199 Å². The van der Waals surface area contributed by atoms with Crippen molar-refractivity contribution >= 4 is 11.8 Å². The summed E-state index contributed by atoms with van der Waals surface area (Å²) >= 11 is 1.63. The lowest BCUT2D eigenvalue weighted by molar-refractivity contribution is -0.137. The van der Waals surface area contributed by atoms with Crippen LogP contribution in [0.2, 0.25) is 0 Å². The number of aromatic amines is 1. The molecule has 0 bridgehead atoms. The highest BCUT2D eigenvalue weighted by molar-refractivity contribution is 7.99. The molecule has 34 heavy (non-hydrogen) atoms. The Balaban J connectivity index is 1.10. The molecule has 6 nitrogen and oxygen atoms in total. The molecule has 5 rings (SSSR count). The predicted octanol–water partition coefficient (Wildman–Crippen LogP) is 4.55. The molecule has 1 spiro atoms. The lowest BCUT2D eigenvalue weighted by Crippen LogP contribution is -2.23. The van der Waals surface area contributed by atoms with Crippen LogP contribution in [0.3, 0.4) is 0 Å². The first kappa shape index (κ1) is 23.2. The number of hydrogen-bond donors (Lipinski definition) is 1. The summed E-state index contributed by atoms with van der Waals surface area (Å²) in [6.07, 6.45) is 0.467. The monoisotopic (exact) mass is 489 g/mol. The highest BCUT2D eigenvalue weighted by atomic mass is 32.2. The first-order chi connectivity index (χ1) is 16.3. The molecule has 10 heteroatoms. The molecule has 1 N–H and O–H groups in total. The van der Waals surface area contributed by atoms with Crippen molar-refractivity contribution in [3.8, 4) is 11.4 Å². The van der Waals surface area contributed by atoms with E-state index in [1.807, 2.05) is 11.6 Å². The van der Waals surface area contributed by atoms with Crippen LogP contribution in [0, 0.1) is 5.41 Å². The van der Waals surface area contributed by atoms with Crippen LogP contribution in [-0.2, 0) is 13.2 Å². The van der Waals surface area contributed by atoms with Crippen LogP contribution in [0.5, 0.6) is 0 Å². The number of benzene rings is 1. The molecule has 2 aliphatic rings. The zero-order valence-electron chi connectivity index (χ0n) is 18.8. The Morgan fingerprint density at radius 3 is 2.74 bits per heavy atom. The Morgan fingerprint density at radius 2 is 2.00 bits per heavy atom. The van der Waals surface area contributed by atoms with Crippen LogP contribution < -0.4 is 5.56 Å². The fraction of sp³-hybridized carbons (Fsp3) is 0.458. The largest absolute Gasteiger partial charge is 0.416 e. The van der Waals surface area contributed by atoms with Crippen molar-refractivity contribution in [2.75, 3.05) is 25.4 Å². The van der Waals surface area contributed by atoms with Gasteiger partial charge in [0, 0.05) is 25.5 Å². The van der Waals surface area contributed by atoms with Gasteiger partial charge in [-0.15, -0.1) is 10.2 Å². The van der Waals surface area contributed by atoms with Gasteiger partial charge in [0.05, 0.1) is 11.1 Å². The summed E-state index contributed by atoms with van der Waals surface area (Å²) < 4.78 is 40.3. The number of aromatic nitrogens is 4. The minimum Gasteiger partial charge on any atom is -0.328 e. The quantitative estimate of drug-likeness (QED) is 0.390. The van der Waals surface area contributed by atoms with Crippen molar-refractivity contribution in [2.24, 2.45) is 12.5 Å². The molecule has 1 aliphatic heterocycles. The van der Waals surface area contributed by atoms with E-state index in [4.69, 9.17) is 0 Å². The van der Waals surface area contributed by atoms with Crippen molar-refractivity contribution in [2.45, 2.75) is 36.5 Å². The number of H-pyrrole nitrogens is 1. The van der Waals surface area contributed by atoms with Crippen molar-refractivity contribution in [3.05, 3.63) is 64.1 Å². The van der Waals surface area contributed by atoms with Crippen LogP contribution in [-0.4, -0.2) is 50.0 Å². The van der Waals surface area contributed by atoms with Crippen LogP contribution in [0.1, 0.15) is 36.3 Å². The molecule has 1 aromatic carbocycles. The normalized spacial score (nSPS) is 22.5. The van der Waals surface area contributed by atoms with Crippen molar-refractivity contribution < 1.29 is 13.2 Å². The van der Waals surface area contributed by atoms with Gasteiger partial charge in [0.1, 0.15) is 0 Å². The third-order valence-electron chi connectivity index (χ3n) is 7.04. The third kappa shape index (κ3) is 4.53. The van der Waals surface area contributed by atoms with E-state index in [0.717, 1.165) is 55.4 Å². The van der Waals surface area contributed by atoms with Crippen LogP contribution in [0.25, 0.3) is 11.4 Å². The zero-order valence-corrected chi connectivity index (χ0v) is 19.6. The van der Waals surface area contributed by atoms with Crippen molar-refractivity contribution in [1.82, 2.24) is 24.6 Å². The van der Waals surface area contributed by atoms with Gasteiger partial charge in [-0.2, -0.15) is 13.2 Å². The molecular weight excluding hydrogens is 463 g/mol. The number of thioether (sulfide) groups is 1. The molecule has 0 amide bonds. The van der Waals surface area contributed by atoms with E-state index in [1.165, 1.54) is 12.1 Å². The van der Waals surface area contributed by atoms with Gasteiger partial charge in [0.15, 0.2) is 11.0 Å². The van der Waals surface area contributed by atoms with Gasteiger partial charge in [-0.25, -0.2) is 0 Å². The molecular formula is C24H26F3N5OS. The Hall–Kier alpha value is -2.59. The number of rotatable bonds is 7. The highest BCUT2D eigenvalue weighted by Crippen LogP contribution is 2.64. The first-order valence-corrected chi connectivity index (χ1v) is 12.4. The summed E-state index contributed by atoms with van der Waals surface area (Å²) in [5, 5.41) is 9.20. The SMILES string of the molecule is Cn1c(SCCCN2CC[C@]3(CC3c3ccc(C(F)(F)F)cc3)C2)nnc1-c1ccc[nH]c1=O. The minimum atomic E-state index is -4.28. The third-order valence-corrected chi connectivity index (χ3v) is 8.14. The van der Waals surface area contributed by atoms with Crippen molar-refractivity contribution in [1.29, 1.82) is 0 Å². The summed E-state index contributed by atoms with van der Waals surface area (Å²) in [6.45, 7) is 3.03. The van der Waals surface area contributed by atoms with Gasteiger partial charge in [-0.3, -0.25) is 4.79 Å². The van der Waals surface area contributed by atoms with Gasteiger partial charge in [-0.05, 0) is 73.5 Å². The van der Waals surface area contributed by atoms with Crippen LogP contribution >= 0.6 is 11.8 Å². The van der Waals surface area contributed by atoms with E-state index >= 15 is 0 Å². The molecule has 2 aromatic heterocycles. The second-order valence-electron chi connectivity index (χ2n) is 9.25. The number of nitrogens with one attached hydrogen (secondary N) is 1. The average molecular weight is 490 g/mol. The summed E-state index contributed by atoms with van der Waals surface area (Å²) in [5.41, 5.74) is 0.988. The second kappa shape index (κ2) is 8.88. The molecule has 1 unspecified atom stereocenters. The molecule has 180 valence electrons. The van der Waals surface area contributed by atoms with E-state index in [0.29, 0.717) is 17.3 Å². The zero-order chi connectivity index (χ0) is 23.9. The predicted molar refractivity (Wildman–Crippen MR) is 125 cm³/mol. The molecule has 1 saturated carbocycles.